The molecule has 1 aromatic heterocycles. The number of hydrogen-bond donors (Lipinski definition) is 1. The average Bonchev–Trinajstić information content (AvgIpc) is 2.73. The van der Waals surface area contributed by atoms with Crippen molar-refractivity contribution in [3.8, 4) is 0 Å². The lowest BCUT2D eigenvalue weighted by atomic mass is 10.2. The van der Waals surface area contributed by atoms with E-state index in [4.69, 9.17) is 11.6 Å². The van der Waals surface area contributed by atoms with Gasteiger partial charge in [-0.1, -0.05) is 17.7 Å². The number of aryl methyl sites for hydroxylation is 2. The van der Waals surface area contributed by atoms with Gasteiger partial charge in [0.2, 0.25) is 0 Å². The number of hydrogen-bond acceptors (Lipinski definition) is 2. The van der Waals surface area contributed by atoms with E-state index in [1.54, 1.807) is 36.4 Å². The summed E-state index contributed by atoms with van der Waals surface area (Å²) >= 11 is 5.91. The Morgan fingerprint density at radius 3 is 2.81 bits per heavy atom. The minimum Gasteiger partial charge on any atom is -0.331 e. The molecule has 0 atom stereocenters. The Labute approximate surface area is 127 Å². The van der Waals surface area contributed by atoms with E-state index in [1.165, 1.54) is 0 Å². The number of amides is 1. The molecular weight excluding hydrogens is 286 g/mol. The zero-order valence-electron chi connectivity index (χ0n) is 11.7. The average molecular weight is 300 g/mol. The zero-order chi connectivity index (χ0) is 15.0. The van der Waals surface area contributed by atoms with Crippen molar-refractivity contribution >= 4 is 34.2 Å². The molecular formula is C16H14ClN3O. The van der Waals surface area contributed by atoms with Crippen molar-refractivity contribution in [2.45, 2.75) is 6.92 Å². The molecule has 1 N–H and O–H groups in total. The van der Waals surface area contributed by atoms with Crippen LogP contribution in [0.1, 0.15) is 16.2 Å². The summed E-state index contributed by atoms with van der Waals surface area (Å²) < 4.78 is 1.99. The van der Waals surface area contributed by atoms with Gasteiger partial charge in [-0.2, -0.15) is 0 Å². The number of benzene rings is 2. The lowest BCUT2D eigenvalue weighted by Crippen LogP contribution is -2.11. The number of nitrogens with one attached hydrogen (secondary N) is 1. The Morgan fingerprint density at radius 1 is 1.24 bits per heavy atom. The van der Waals surface area contributed by atoms with Crippen LogP contribution in [-0.4, -0.2) is 15.5 Å². The molecule has 0 aliphatic rings. The molecule has 2 aromatic carbocycles. The van der Waals surface area contributed by atoms with E-state index in [0.29, 0.717) is 16.3 Å². The highest BCUT2D eigenvalue weighted by atomic mass is 35.5. The Morgan fingerprint density at radius 2 is 2.05 bits per heavy atom. The van der Waals surface area contributed by atoms with Crippen LogP contribution < -0.4 is 5.32 Å². The first kappa shape index (κ1) is 13.6. The third kappa shape index (κ3) is 2.62. The maximum atomic E-state index is 12.3. The third-order valence-electron chi connectivity index (χ3n) is 3.45. The molecule has 0 aliphatic carbocycles. The molecule has 0 aliphatic heterocycles. The number of carbonyl (C=O) groups is 1. The van der Waals surface area contributed by atoms with Crippen molar-refractivity contribution in [1.82, 2.24) is 9.55 Å². The van der Waals surface area contributed by atoms with E-state index in [9.17, 15) is 4.79 Å². The Bertz CT molecular complexity index is 839. The fraction of sp³-hybridized carbons (Fsp3) is 0.125. The molecule has 0 unspecified atom stereocenters. The van der Waals surface area contributed by atoms with Gasteiger partial charge in [-0.15, -0.1) is 0 Å². The molecule has 21 heavy (non-hydrogen) atoms. The monoisotopic (exact) mass is 299 g/mol. The van der Waals surface area contributed by atoms with E-state index >= 15 is 0 Å². The predicted octanol–water partition coefficient (Wildman–Crippen LogP) is 3.79. The van der Waals surface area contributed by atoms with Crippen LogP contribution in [0.3, 0.4) is 0 Å². The van der Waals surface area contributed by atoms with Crippen molar-refractivity contribution in [1.29, 1.82) is 0 Å². The summed E-state index contributed by atoms with van der Waals surface area (Å²) in [5, 5.41) is 3.41. The lowest BCUT2D eigenvalue weighted by Gasteiger charge is -2.05. The van der Waals surface area contributed by atoms with Crippen LogP contribution in [0.5, 0.6) is 0 Å². The van der Waals surface area contributed by atoms with Crippen molar-refractivity contribution in [2.24, 2.45) is 7.05 Å². The number of carbonyl (C=O) groups excluding carboxylic acids is 1. The second-order valence-electron chi connectivity index (χ2n) is 4.89. The number of rotatable bonds is 2. The Kier molecular flexibility index (Phi) is 3.39. The molecule has 0 fully saturated rings. The number of fused-ring (bicyclic) bond motifs is 1. The molecule has 0 spiro atoms. The fourth-order valence-electron chi connectivity index (χ4n) is 2.23. The van der Waals surface area contributed by atoms with Gasteiger partial charge in [-0.25, -0.2) is 4.98 Å². The molecule has 0 radical (unpaired) electrons. The molecule has 0 saturated carbocycles. The van der Waals surface area contributed by atoms with Gasteiger partial charge in [0.1, 0.15) is 5.82 Å². The lowest BCUT2D eigenvalue weighted by molar-refractivity contribution is 0.102. The first-order valence-corrected chi connectivity index (χ1v) is 6.92. The van der Waals surface area contributed by atoms with Crippen molar-refractivity contribution in [3.63, 3.8) is 0 Å². The Balaban J connectivity index is 1.91. The molecule has 0 saturated heterocycles. The molecule has 3 rings (SSSR count). The summed E-state index contributed by atoms with van der Waals surface area (Å²) in [5.74, 6) is 0.736. The quantitative estimate of drug-likeness (QED) is 0.782. The van der Waals surface area contributed by atoms with Gasteiger partial charge in [0.05, 0.1) is 11.0 Å². The van der Waals surface area contributed by atoms with Crippen molar-refractivity contribution < 1.29 is 4.79 Å². The molecule has 5 heteroatoms. The van der Waals surface area contributed by atoms with E-state index in [-0.39, 0.29) is 5.91 Å². The largest absolute Gasteiger partial charge is 0.331 e. The zero-order valence-corrected chi connectivity index (χ0v) is 12.5. The summed E-state index contributed by atoms with van der Waals surface area (Å²) in [6.07, 6.45) is 0. The summed E-state index contributed by atoms with van der Waals surface area (Å²) in [6, 6.07) is 12.6. The highest BCUT2D eigenvalue weighted by Gasteiger charge is 2.10. The summed E-state index contributed by atoms with van der Waals surface area (Å²) in [5.41, 5.74) is 3.06. The van der Waals surface area contributed by atoms with Gasteiger partial charge >= 0.3 is 0 Å². The van der Waals surface area contributed by atoms with E-state index in [2.05, 4.69) is 10.3 Å². The van der Waals surface area contributed by atoms with Crippen LogP contribution in [0.25, 0.3) is 11.0 Å². The summed E-state index contributed by atoms with van der Waals surface area (Å²) in [7, 11) is 1.95. The van der Waals surface area contributed by atoms with E-state index in [0.717, 1.165) is 16.9 Å². The second-order valence-corrected chi connectivity index (χ2v) is 5.32. The number of nitrogens with zero attached hydrogens (tertiary/aromatic N) is 2. The van der Waals surface area contributed by atoms with Crippen LogP contribution in [0.2, 0.25) is 5.02 Å². The predicted molar refractivity (Wildman–Crippen MR) is 84.9 cm³/mol. The molecule has 106 valence electrons. The first-order chi connectivity index (χ1) is 10.0. The smallest absolute Gasteiger partial charge is 0.255 e. The number of anilines is 1. The Hall–Kier alpha value is -2.33. The SMILES string of the molecule is Cc1nc2cc(C(=O)Nc3cccc(Cl)c3)ccc2n1C. The van der Waals surface area contributed by atoms with Crippen LogP contribution in [0.4, 0.5) is 5.69 Å². The summed E-state index contributed by atoms with van der Waals surface area (Å²) in [4.78, 5) is 16.7. The maximum Gasteiger partial charge on any atom is 0.255 e. The number of imidazole rings is 1. The minimum absolute atomic E-state index is 0.178. The van der Waals surface area contributed by atoms with Crippen molar-refractivity contribution in [3.05, 3.63) is 58.9 Å². The second kappa shape index (κ2) is 5.22. The maximum absolute atomic E-state index is 12.3. The minimum atomic E-state index is -0.178. The first-order valence-electron chi connectivity index (χ1n) is 6.54. The highest BCUT2D eigenvalue weighted by molar-refractivity contribution is 6.31. The van der Waals surface area contributed by atoms with Crippen LogP contribution in [0.15, 0.2) is 42.5 Å². The van der Waals surface area contributed by atoms with Gasteiger partial charge in [-0.05, 0) is 43.3 Å². The topological polar surface area (TPSA) is 46.9 Å². The van der Waals surface area contributed by atoms with Gasteiger partial charge in [0.15, 0.2) is 0 Å². The van der Waals surface area contributed by atoms with Gasteiger partial charge in [0.25, 0.3) is 5.91 Å². The van der Waals surface area contributed by atoms with Crippen LogP contribution in [-0.2, 0) is 7.05 Å². The molecule has 3 aromatic rings. The van der Waals surface area contributed by atoms with Gasteiger partial charge in [0, 0.05) is 23.3 Å². The van der Waals surface area contributed by atoms with Crippen molar-refractivity contribution in [2.75, 3.05) is 5.32 Å². The van der Waals surface area contributed by atoms with Crippen LogP contribution >= 0.6 is 11.6 Å². The van der Waals surface area contributed by atoms with Crippen LogP contribution in [0, 0.1) is 6.92 Å². The summed E-state index contributed by atoms with van der Waals surface area (Å²) in [6.45, 7) is 1.94. The number of aromatic nitrogens is 2. The molecule has 1 amide bonds. The third-order valence-corrected chi connectivity index (χ3v) is 3.68. The molecule has 0 bridgehead atoms. The standard InChI is InChI=1S/C16H14ClN3O/c1-10-18-14-8-11(6-7-15(14)20(10)2)16(21)19-13-5-3-4-12(17)9-13/h3-9H,1-2H3,(H,19,21). The number of halogens is 1. The van der Waals surface area contributed by atoms with E-state index in [1.807, 2.05) is 24.6 Å². The van der Waals surface area contributed by atoms with Gasteiger partial charge < -0.3 is 9.88 Å². The van der Waals surface area contributed by atoms with E-state index < -0.39 is 0 Å². The molecule has 1 heterocycles. The fourth-order valence-corrected chi connectivity index (χ4v) is 2.42. The normalized spacial score (nSPS) is 10.8. The molecule has 4 nitrogen and oxygen atoms in total. The van der Waals surface area contributed by atoms with Gasteiger partial charge in [-0.3, -0.25) is 4.79 Å². The highest BCUT2D eigenvalue weighted by Crippen LogP contribution is 2.19.